The zero-order valence-corrected chi connectivity index (χ0v) is 12.6. The highest BCUT2D eigenvalue weighted by molar-refractivity contribution is 9.10. The van der Waals surface area contributed by atoms with Crippen LogP contribution in [0.4, 0.5) is 0 Å². The Balaban J connectivity index is 2.44. The smallest absolute Gasteiger partial charge is 0.125 e. The molecule has 2 rings (SSSR count). The van der Waals surface area contributed by atoms with Crippen molar-refractivity contribution in [1.82, 2.24) is 4.98 Å². The van der Waals surface area contributed by atoms with Crippen LogP contribution in [0.2, 0.25) is 0 Å². The predicted octanol–water partition coefficient (Wildman–Crippen LogP) is 3.64. The van der Waals surface area contributed by atoms with E-state index < -0.39 is 0 Å². The highest BCUT2D eigenvalue weighted by atomic mass is 79.9. The lowest BCUT2D eigenvalue weighted by atomic mass is 10.1. The Morgan fingerprint density at radius 3 is 2.78 bits per heavy atom. The minimum atomic E-state index is 0.00897. The molecule has 0 aliphatic rings. The van der Waals surface area contributed by atoms with E-state index in [-0.39, 0.29) is 6.61 Å². The number of nitrogens with zero attached hydrogens (tertiary/aromatic N) is 1. The van der Waals surface area contributed by atoms with Gasteiger partial charge in [0.05, 0.1) is 18.6 Å². The molecule has 0 atom stereocenters. The lowest BCUT2D eigenvalue weighted by Crippen LogP contribution is -1.90. The Bertz CT molecular complexity index is 554. The number of ether oxygens (including phenoxy) is 1. The van der Waals surface area contributed by atoms with Gasteiger partial charge in [0, 0.05) is 5.56 Å². The summed E-state index contributed by atoms with van der Waals surface area (Å²) >= 11 is 4.85. The Labute approximate surface area is 119 Å². The summed E-state index contributed by atoms with van der Waals surface area (Å²) < 4.78 is 6.03. The fraction of sp³-hybridized carbons (Fsp3) is 0.308. The van der Waals surface area contributed by atoms with E-state index in [9.17, 15) is 5.11 Å². The van der Waals surface area contributed by atoms with Crippen LogP contribution < -0.4 is 4.74 Å². The molecule has 96 valence electrons. The zero-order chi connectivity index (χ0) is 13.1. The van der Waals surface area contributed by atoms with Crippen LogP contribution in [0.25, 0.3) is 10.6 Å². The Morgan fingerprint density at radius 2 is 2.22 bits per heavy atom. The summed E-state index contributed by atoms with van der Waals surface area (Å²) in [6, 6.07) is 6.04. The fourth-order valence-electron chi connectivity index (χ4n) is 1.74. The van der Waals surface area contributed by atoms with E-state index in [2.05, 4.69) is 33.9 Å². The second kappa shape index (κ2) is 5.82. The third kappa shape index (κ3) is 2.58. The molecule has 0 aliphatic heterocycles. The van der Waals surface area contributed by atoms with Gasteiger partial charge in [0.25, 0.3) is 0 Å². The largest absolute Gasteiger partial charge is 0.496 e. The molecule has 0 fully saturated rings. The predicted molar refractivity (Wildman–Crippen MR) is 77.1 cm³/mol. The molecule has 18 heavy (non-hydrogen) atoms. The minimum absolute atomic E-state index is 0.00897. The van der Waals surface area contributed by atoms with Gasteiger partial charge in [-0.2, -0.15) is 0 Å². The number of hydrogen-bond donors (Lipinski definition) is 1. The van der Waals surface area contributed by atoms with Crippen molar-refractivity contribution in [3.8, 4) is 16.3 Å². The van der Waals surface area contributed by atoms with Gasteiger partial charge in [-0.25, -0.2) is 4.98 Å². The molecule has 5 heteroatoms. The molecule has 3 nitrogen and oxygen atoms in total. The van der Waals surface area contributed by atoms with E-state index in [1.54, 1.807) is 7.11 Å². The van der Waals surface area contributed by atoms with Crippen LogP contribution in [0.15, 0.2) is 22.8 Å². The van der Waals surface area contributed by atoms with Crippen molar-refractivity contribution in [1.29, 1.82) is 0 Å². The molecule has 0 aliphatic carbocycles. The van der Waals surface area contributed by atoms with Gasteiger partial charge in [0.1, 0.15) is 15.4 Å². The highest BCUT2D eigenvalue weighted by Crippen LogP contribution is 2.33. The van der Waals surface area contributed by atoms with Gasteiger partial charge in [-0.15, -0.1) is 11.3 Å². The average molecular weight is 328 g/mol. The molecule has 1 aromatic carbocycles. The van der Waals surface area contributed by atoms with Crippen LogP contribution in [0.5, 0.6) is 5.75 Å². The van der Waals surface area contributed by atoms with Gasteiger partial charge in [0.2, 0.25) is 0 Å². The number of aliphatic hydroxyl groups excluding tert-OH is 1. The number of methoxy groups -OCH3 is 1. The summed E-state index contributed by atoms with van der Waals surface area (Å²) in [5.74, 6) is 0.902. The second-order valence-corrected chi connectivity index (χ2v) is 5.61. The normalized spacial score (nSPS) is 10.7. The van der Waals surface area contributed by atoms with E-state index in [1.165, 1.54) is 11.3 Å². The molecule has 2 aromatic rings. The Hall–Kier alpha value is -0.910. The minimum Gasteiger partial charge on any atom is -0.496 e. The number of rotatable bonds is 4. The summed E-state index contributed by atoms with van der Waals surface area (Å²) in [5, 5.41) is 10.1. The first-order valence-corrected chi connectivity index (χ1v) is 7.23. The van der Waals surface area contributed by atoms with Gasteiger partial charge in [-0.3, -0.25) is 0 Å². The van der Waals surface area contributed by atoms with Gasteiger partial charge in [-0.1, -0.05) is 6.92 Å². The van der Waals surface area contributed by atoms with E-state index in [1.807, 2.05) is 12.1 Å². The zero-order valence-electron chi connectivity index (χ0n) is 10.2. The van der Waals surface area contributed by atoms with Crippen molar-refractivity contribution in [2.75, 3.05) is 7.11 Å². The summed E-state index contributed by atoms with van der Waals surface area (Å²) in [4.78, 5) is 5.26. The van der Waals surface area contributed by atoms with Crippen molar-refractivity contribution in [3.63, 3.8) is 0 Å². The van der Waals surface area contributed by atoms with E-state index in [0.29, 0.717) is 0 Å². The third-order valence-electron chi connectivity index (χ3n) is 2.70. The molecule has 0 saturated heterocycles. The van der Waals surface area contributed by atoms with Gasteiger partial charge in [0.15, 0.2) is 0 Å². The Kier molecular flexibility index (Phi) is 4.37. The number of thiazole rings is 1. The van der Waals surface area contributed by atoms with Gasteiger partial charge >= 0.3 is 0 Å². The molecule has 0 unspecified atom stereocenters. The van der Waals surface area contributed by atoms with Crippen LogP contribution >= 0.6 is 27.3 Å². The van der Waals surface area contributed by atoms with Crippen LogP contribution in [0.3, 0.4) is 0 Å². The topological polar surface area (TPSA) is 42.4 Å². The molecular weight excluding hydrogens is 314 g/mol. The summed E-state index contributed by atoms with van der Waals surface area (Å²) in [6.45, 7) is 2.10. The first-order valence-electron chi connectivity index (χ1n) is 5.63. The molecule has 1 N–H and O–H groups in total. The molecular formula is C13H14BrNO2S. The van der Waals surface area contributed by atoms with Crippen molar-refractivity contribution in [2.45, 2.75) is 20.0 Å². The first-order chi connectivity index (χ1) is 8.69. The maximum atomic E-state index is 9.18. The lowest BCUT2D eigenvalue weighted by Gasteiger charge is -2.07. The number of aromatic nitrogens is 1. The molecule has 0 bridgehead atoms. The summed E-state index contributed by atoms with van der Waals surface area (Å²) in [5.41, 5.74) is 2.21. The van der Waals surface area contributed by atoms with Crippen LogP contribution in [-0.2, 0) is 13.0 Å². The van der Waals surface area contributed by atoms with Crippen LogP contribution in [0, 0.1) is 0 Å². The molecule has 0 spiro atoms. The van der Waals surface area contributed by atoms with Crippen molar-refractivity contribution in [3.05, 3.63) is 33.2 Å². The van der Waals surface area contributed by atoms with Crippen molar-refractivity contribution in [2.24, 2.45) is 0 Å². The number of aliphatic hydroxyl groups is 1. The van der Waals surface area contributed by atoms with Gasteiger partial charge in [-0.05, 0) is 46.1 Å². The molecule has 0 radical (unpaired) electrons. The SMILES string of the molecule is CCc1cc(-c2nc(Br)c(CO)s2)ccc1OC. The highest BCUT2D eigenvalue weighted by Gasteiger charge is 2.11. The quantitative estimate of drug-likeness (QED) is 0.932. The maximum absolute atomic E-state index is 9.18. The monoisotopic (exact) mass is 327 g/mol. The first kappa shape index (κ1) is 13.5. The average Bonchev–Trinajstić information content (AvgIpc) is 2.79. The number of halogens is 1. The molecule has 0 amide bonds. The van der Waals surface area contributed by atoms with Crippen LogP contribution in [-0.4, -0.2) is 17.2 Å². The fourth-order valence-corrected chi connectivity index (χ4v) is 3.21. The number of hydrogen-bond acceptors (Lipinski definition) is 4. The molecule has 1 aromatic heterocycles. The van der Waals surface area contributed by atoms with Gasteiger partial charge < -0.3 is 9.84 Å². The molecule has 0 saturated carbocycles. The second-order valence-electron chi connectivity index (χ2n) is 3.77. The van der Waals surface area contributed by atoms with Crippen molar-refractivity contribution >= 4 is 27.3 Å². The number of aryl methyl sites for hydroxylation is 1. The maximum Gasteiger partial charge on any atom is 0.125 e. The summed E-state index contributed by atoms with van der Waals surface area (Å²) in [7, 11) is 1.68. The molecule has 1 heterocycles. The standard InChI is InChI=1S/C13H14BrNO2S/c1-3-8-6-9(4-5-10(8)17-2)13-15-12(14)11(7-16)18-13/h4-6,16H,3,7H2,1-2H3. The third-order valence-corrected chi connectivity index (χ3v) is 4.71. The number of benzene rings is 1. The van der Waals surface area contributed by atoms with E-state index >= 15 is 0 Å². The van der Waals surface area contributed by atoms with E-state index in [0.717, 1.165) is 37.8 Å². The summed E-state index contributed by atoms with van der Waals surface area (Å²) in [6.07, 6.45) is 0.913. The Morgan fingerprint density at radius 1 is 1.44 bits per heavy atom. The van der Waals surface area contributed by atoms with Crippen molar-refractivity contribution < 1.29 is 9.84 Å². The van der Waals surface area contributed by atoms with Crippen LogP contribution in [0.1, 0.15) is 17.4 Å². The van der Waals surface area contributed by atoms with E-state index in [4.69, 9.17) is 4.74 Å². The lowest BCUT2D eigenvalue weighted by molar-refractivity contribution is 0.284.